The largest absolute Gasteiger partial charge is 0.261 e. The lowest BCUT2D eigenvalue weighted by Gasteiger charge is -2.30. The molecule has 4 aromatic heterocycles. The molecule has 1 spiro atoms. The second-order valence-electron chi connectivity index (χ2n) is 10.5. The van der Waals surface area contributed by atoms with Gasteiger partial charge in [-0.2, -0.15) is 28.5 Å². The molecule has 0 radical (unpaired) electrons. The van der Waals surface area contributed by atoms with Crippen LogP contribution in [0.3, 0.4) is 0 Å². The lowest BCUT2D eigenvalue weighted by Crippen LogP contribution is -2.25. The van der Waals surface area contributed by atoms with E-state index in [1.165, 1.54) is 53.5 Å². The first kappa shape index (κ1) is 22.6. The Labute approximate surface area is 246 Å². The maximum absolute atomic E-state index is 6.18. The summed E-state index contributed by atoms with van der Waals surface area (Å²) in [6.45, 7) is 0. The van der Waals surface area contributed by atoms with Crippen LogP contribution in [0.5, 0.6) is 0 Å². The minimum atomic E-state index is -0.464. The van der Waals surface area contributed by atoms with Gasteiger partial charge in [-0.3, -0.25) is 0 Å². The average molecular weight is 584 g/mol. The van der Waals surface area contributed by atoms with Crippen LogP contribution in [0.25, 0.3) is 51.0 Å². The molecule has 0 bridgehead atoms. The average Bonchev–Trinajstić information content (AvgIpc) is 3.82. The number of nitrogens with zero attached hydrogens (tertiary/aromatic N) is 9. The van der Waals surface area contributed by atoms with E-state index in [0.717, 1.165) is 5.56 Å². The van der Waals surface area contributed by atoms with E-state index in [2.05, 4.69) is 111 Å². The highest BCUT2D eigenvalue weighted by Crippen LogP contribution is 2.62. The molecule has 42 heavy (non-hydrogen) atoms. The van der Waals surface area contributed by atoms with Gasteiger partial charge in [-0.1, -0.05) is 84.9 Å². The number of rotatable bonds is 1. The van der Waals surface area contributed by atoms with Gasteiger partial charge < -0.3 is 0 Å². The molecule has 0 saturated heterocycles. The zero-order valence-corrected chi connectivity index (χ0v) is 23.0. The van der Waals surface area contributed by atoms with Crippen molar-refractivity contribution >= 4 is 40.5 Å². The lowest BCUT2D eigenvalue weighted by atomic mass is 9.70. The van der Waals surface area contributed by atoms with Crippen LogP contribution in [0, 0.1) is 0 Å². The lowest BCUT2D eigenvalue weighted by molar-refractivity contribution is 0.793. The first-order valence-electron chi connectivity index (χ1n) is 13.3. The van der Waals surface area contributed by atoms with Gasteiger partial charge in [-0.25, -0.2) is 0 Å². The van der Waals surface area contributed by atoms with Crippen molar-refractivity contribution in [2.75, 3.05) is 0 Å². The zero-order chi connectivity index (χ0) is 27.7. The third-order valence-electron chi connectivity index (χ3n) is 8.54. The van der Waals surface area contributed by atoms with Crippen LogP contribution >= 0.6 is 23.2 Å². The second-order valence-corrected chi connectivity index (χ2v) is 11.2. The molecule has 2 aliphatic carbocycles. The van der Waals surface area contributed by atoms with E-state index in [4.69, 9.17) is 33.3 Å². The zero-order valence-electron chi connectivity index (χ0n) is 21.4. The molecule has 4 heterocycles. The smallest absolute Gasteiger partial charge is 0.189 e. The quantitative estimate of drug-likeness (QED) is 0.231. The standard InChI is InChI=1S/C31H15Cl2N9/c32-26-35-29-40-28(41-30(42(29)39-26)36-27(33)38-41)34-25(37-40)16-13-14-20-19-9-3-6-12-23(19)31(24(20)15-16)21-10-4-1-7-17(21)18-8-2-5-11-22(18)31/h1-15H. The second kappa shape index (κ2) is 7.58. The molecule has 0 amide bonds. The van der Waals surface area contributed by atoms with Gasteiger partial charge in [0.05, 0.1) is 5.41 Å². The van der Waals surface area contributed by atoms with E-state index < -0.39 is 5.41 Å². The van der Waals surface area contributed by atoms with Crippen LogP contribution < -0.4 is 0 Å². The monoisotopic (exact) mass is 583 g/mol. The van der Waals surface area contributed by atoms with E-state index in [-0.39, 0.29) is 10.6 Å². The predicted octanol–water partition coefficient (Wildman–Crippen LogP) is 6.13. The first-order chi connectivity index (χ1) is 20.6. The summed E-state index contributed by atoms with van der Waals surface area (Å²) in [5.41, 5.74) is 10.3. The molecular formula is C31H15Cl2N9. The number of halogens is 2. The first-order valence-corrected chi connectivity index (χ1v) is 14.1. The molecule has 0 unspecified atom stereocenters. The van der Waals surface area contributed by atoms with Crippen molar-refractivity contribution in [1.29, 1.82) is 0 Å². The minimum absolute atomic E-state index is 0.0522. The van der Waals surface area contributed by atoms with Crippen LogP contribution in [0.15, 0.2) is 91.0 Å². The highest BCUT2D eigenvalue weighted by atomic mass is 35.5. The van der Waals surface area contributed by atoms with Gasteiger partial charge in [0.15, 0.2) is 5.82 Å². The highest BCUT2D eigenvalue weighted by molar-refractivity contribution is 6.28. The number of fused-ring (bicyclic) bond motifs is 16. The molecule has 4 aromatic carbocycles. The normalized spacial score (nSPS) is 14.1. The third kappa shape index (κ3) is 2.57. The molecule has 0 N–H and O–H groups in total. The summed E-state index contributed by atoms with van der Waals surface area (Å²) in [5.74, 6) is 1.59. The van der Waals surface area contributed by atoms with Gasteiger partial charge in [0, 0.05) is 5.56 Å². The van der Waals surface area contributed by atoms with Crippen LogP contribution in [0.2, 0.25) is 10.6 Å². The van der Waals surface area contributed by atoms with Crippen LogP contribution in [-0.4, -0.2) is 43.8 Å². The number of benzene rings is 4. The third-order valence-corrected chi connectivity index (χ3v) is 8.86. The Bertz CT molecular complexity index is 2330. The van der Waals surface area contributed by atoms with Crippen molar-refractivity contribution < 1.29 is 0 Å². The van der Waals surface area contributed by atoms with Crippen molar-refractivity contribution in [3.8, 4) is 33.6 Å². The summed E-state index contributed by atoms with van der Waals surface area (Å²) >= 11 is 12.4. The van der Waals surface area contributed by atoms with Gasteiger partial charge in [0.25, 0.3) is 17.3 Å². The van der Waals surface area contributed by atoms with E-state index in [9.17, 15) is 0 Å². The molecule has 0 atom stereocenters. The molecule has 2 aliphatic rings. The van der Waals surface area contributed by atoms with E-state index in [1.54, 1.807) is 4.52 Å². The fourth-order valence-corrected chi connectivity index (χ4v) is 7.34. The molecule has 10 rings (SSSR count). The Morgan fingerprint density at radius 2 is 0.929 bits per heavy atom. The maximum Gasteiger partial charge on any atom is 0.261 e. The van der Waals surface area contributed by atoms with Gasteiger partial charge in [0.2, 0.25) is 10.6 Å². The Balaban J connectivity index is 1.29. The summed E-state index contributed by atoms with van der Waals surface area (Å²) < 4.78 is 4.50. The Morgan fingerprint density at radius 1 is 0.476 bits per heavy atom. The maximum atomic E-state index is 6.18. The Morgan fingerprint density at radius 3 is 1.48 bits per heavy atom. The molecule has 198 valence electrons. The summed E-state index contributed by atoms with van der Waals surface area (Å²) in [6, 6.07) is 32.6. The summed E-state index contributed by atoms with van der Waals surface area (Å²) in [6.07, 6.45) is 0. The molecular weight excluding hydrogens is 569 g/mol. The summed E-state index contributed by atoms with van der Waals surface area (Å²) in [7, 11) is 0. The van der Waals surface area contributed by atoms with Crippen LogP contribution in [0.1, 0.15) is 22.3 Å². The van der Waals surface area contributed by atoms with Crippen molar-refractivity contribution in [2.45, 2.75) is 5.41 Å². The van der Waals surface area contributed by atoms with Crippen molar-refractivity contribution in [3.63, 3.8) is 0 Å². The number of aromatic nitrogens is 9. The van der Waals surface area contributed by atoms with Crippen molar-refractivity contribution in [3.05, 3.63) is 124 Å². The topological polar surface area (TPSA) is 90.6 Å². The van der Waals surface area contributed by atoms with Gasteiger partial charge in [-0.15, -0.1) is 15.3 Å². The van der Waals surface area contributed by atoms with Crippen LogP contribution in [0.4, 0.5) is 0 Å². The van der Waals surface area contributed by atoms with E-state index >= 15 is 0 Å². The fraction of sp³-hybridized carbons (Fsp3) is 0.0323. The van der Waals surface area contributed by atoms with E-state index in [0.29, 0.717) is 23.2 Å². The van der Waals surface area contributed by atoms with Gasteiger partial charge >= 0.3 is 0 Å². The number of hydrogen-bond donors (Lipinski definition) is 0. The molecule has 11 heteroatoms. The minimum Gasteiger partial charge on any atom is -0.189 e. The molecule has 0 saturated carbocycles. The summed E-state index contributed by atoms with van der Waals surface area (Å²) in [4.78, 5) is 13.5. The fourth-order valence-electron chi connectivity index (χ4n) is 7.03. The molecule has 8 aromatic rings. The SMILES string of the molecule is Clc1nc2n(n1)c1nc(Cl)nn1c1nc(-c3ccc4c(c3)C3(c5ccccc5-c5ccccc53)c3ccccc3-4)nn21. The Hall–Kier alpha value is -5.12. The van der Waals surface area contributed by atoms with Gasteiger partial charge in [0.1, 0.15) is 0 Å². The van der Waals surface area contributed by atoms with Crippen molar-refractivity contribution in [1.82, 2.24) is 43.8 Å². The molecule has 9 nitrogen and oxygen atoms in total. The Kier molecular flexibility index (Phi) is 4.07. The number of hydrogen-bond acceptors (Lipinski definition) is 6. The summed E-state index contributed by atoms with van der Waals surface area (Å²) in [5, 5.41) is 13.5. The predicted molar refractivity (Wildman–Crippen MR) is 158 cm³/mol. The van der Waals surface area contributed by atoms with E-state index in [1.807, 2.05) is 0 Å². The highest BCUT2D eigenvalue weighted by Gasteiger charge is 2.51. The van der Waals surface area contributed by atoms with Gasteiger partial charge in [-0.05, 0) is 73.8 Å². The van der Waals surface area contributed by atoms with Crippen LogP contribution in [-0.2, 0) is 5.41 Å². The molecule has 0 fully saturated rings. The van der Waals surface area contributed by atoms with Crippen molar-refractivity contribution in [2.24, 2.45) is 0 Å². The molecule has 0 aliphatic heterocycles.